The van der Waals surface area contributed by atoms with Gasteiger partial charge in [0.25, 0.3) is 0 Å². The third-order valence-electron chi connectivity index (χ3n) is 3.99. The molecule has 0 spiro atoms. The van der Waals surface area contributed by atoms with Crippen molar-refractivity contribution in [2.75, 3.05) is 26.2 Å². The van der Waals surface area contributed by atoms with Crippen molar-refractivity contribution in [2.24, 2.45) is 5.92 Å². The Morgan fingerprint density at radius 2 is 2.38 bits per heavy atom. The molecular formula is C16H22N4S. The fourth-order valence-corrected chi connectivity index (χ4v) is 3.56. The van der Waals surface area contributed by atoms with E-state index in [4.69, 9.17) is 0 Å². The zero-order valence-electron chi connectivity index (χ0n) is 12.5. The number of nitrogens with zero attached hydrogens (tertiary/aromatic N) is 3. The first-order chi connectivity index (χ1) is 10.3. The molecule has 1 aliphatic rings. The fourth-order valence-electron chi connectivity index (χ4n) is 2.77. The molecule has 1 N–H and O–H groups in total. The second kappa shape index (κ2) is 7.11. The summed E-state index contributed by atoms with van der Waals surface area (Å²) >= 11 is 1.67. The number of pyridine rings is 1. The van der Waals surface area contributed by atoms with E-state index >= 15 is 0 Å². The van der Waals surface area contributed by atoms with Gasteiger partial charge in [-0.05, 0) is 44.1 Å². The van der Waals surface area contributed by atoms with Gasteiger partial charge in [0.2, 0.25) is 0 Å². The molecule has 0 radical (unpaired) electrons. The van der Waals surface area contributed by atoms with Crippen LogP contribution in [0.1, 0.15) is 19.0 Å². The minimum atomic E-state index is 0.791. The minimum absolute atomic E-state index is 0.791. The van der Waals surface area contributed by atoms with E-state index in [1.165, 1.54) is 26.1 Å². The molecule has 4 nitrogen and oxygen atoms in total. The summed E-state index contributed by atoms with van der Waals surface area (Å²) in [7, 11) is 0. The van der Waals surface area contributed by atoms with Crippen molar-refractivity contribution in [1.29, 1.82) is 0 Å². The first-order valence-corrected chi connectivity index (χ1v) is 8.52. The zero-order valence-corrected chi connectivity index (χ0v) is 13.3. The summed E-state index contributed by atoms with van der Waals surface area (Å²) in [6.45, 7) is 7.85. The van der Waals surface area contributed by atoms with Gasteiger partial charge in [-0.3, -0.25) is 4.98 Å². The summed E-state index contributed by atoms with van der Waals surface area (Å²) < 4.78 is 0. The Bertz CT molecular complexity index is 554. The first kappa shape index (κ1) is 14.6. The lowest BCUT2D eigenvalue weighted by atomic mass is 10.1. The van der Waals surface area contributed by atoms with Crippen LogP contribution in [-0.4, -0.2) is 41.0 Å². The van der Waals surface area contributed by atoms with Crippen molar-refractivity contribution in [3.63, 3.8) is 0 Å². The molecule has 5 heteroatoms. The summed E-state index contributed by atoms with van der Waals surface area (Å²) in [5, 5.41) is 6.68. The van der Waals surface area contributed by atoms with E-state index < -0.39 is 0 Å². The average Bonchev–Trinajstić information content (AvgIpc) is 3.17. The summed E-state index contributed by atoms with van der Waals surface area (Å²) in [5.74, 6) is 0.791. The van der Waals surface area contributed by atoms with Crippen molar-refractivity contribution in [2.45, 2.75) is 19.9 Å². The van der Waals surface area contributed by atoms with Crippen LogP contribution in [0.25, 0.3) is 10.7 Å². The van der Waals surface area contributed by atoms with E-state index in [0.717, 1.165) is 35.4 Å². The van der Waals surface area contributed by atoms with E-state index in [9.17, 15) is 0 Å². The molecule has 0 saturated carbocycles. The van der Waals surface area contributed by atoms with Gasteiger partial charge in [-0.15, -0.1) is 11.3 Å². The maximum absolute atomic E-state index is 4.66. The topological polar surface area (TPSA) is 41.0 Å². The number of aromatic nitrogens is 2. The monoisotopic (exact) mass is 302 g/mol. The molecule has 2 aromatic rings. The number of thiazole rings is 1. The lowest BCUT2D eigenvalue weighted by Crippen LogP contribution is -2.26. The highest BCUT2D eigenvalue weighted by atomic mass is 32.1. The lowest BCUT2D eigenvalue weighted by molar-refractivity contribution is 0.339. The van der Waals surface area contributed by atoms with E-state index in [0.29, 0.717) is 0 Å². The van der Waals surface area contributed by atoms with E-state index in [-0.39, 0.29) is 0 Å². The van der Waals surface area contributed by atoms with Crippen LogP contribution >= 0.6 is 11.3 Å². The Morgan fingerprint density at radius 3 is 3.14 bits per heavy atom. The van der Waals surface area contributed by atoms with Gasteiger partial charge in [-0.1, -0.05) is 13.0 Å². The quantitative estimate of drug-likeness (QED) is 0.890. The van der Waals surface area contributed by atoms with E-state index in [1.807, 2.05) is 24.4 Å². The molecule has 0 aliphatic carbocycles. The lowest BCUT2D eigenvalue weighted by Gasteiger charge is -2.13. The molecule has 112 valence electrons. The van der Waals surface area contributed by atoms with Crippen LogP contribution in [0.15, 0.2) is 29.8 Å². The summed E-state index contributed by atoms with van der Waals surface area (Å²) in [4.78, 5) is 11.5. The smallest absolute Gasteiger partial charge is 0.142 e. The SMILES string of the molecule is CCN1CCC(CNCc2csc(-c3ccccn3)n2)C1. The maximum Gasteiger partial charge on any atom is 0.142 e. The van der Waals surface area contributed by atoms with E-state index in [2.05, 4.69) is 32.5 Å². The van der Waals surface area contributed by atoms with Crippen LogP contribution < -0.4 is 5.32 Å². The molecule has 2 aromatic heterocycles. The summed E-state index contributed by atoms with van der Waals surface area (Å²) in [6, 6.07) is 5.94. The summed E-state index contributed by atoms with van der Waals surface area (Å²) in [5.41, 5.74) is 2.08. The van der Waals surface area contributed by atoms with E-state index in [1.54, 1.807) is 11.3 Å². The van der Waals surface area contributed by atoms with Crippen LogP contribution in [0.5, 0.6) is 0 Å². The molecule has 1 atom stereocenters. The Kier molecular flexibility index (Phi) is 4.95. The zero-order chi connectivity index (χ0) is 14.5. The summed E-state index contributed by atoms with van der Waals surface area (Å²) in [6.07, 6.45) is 3.13. The Morgan fingerprint density at radius 1 is 1.43 bits per heavy atom. The van der Waals surface area contributed by atoms with Crippen LogP contribution in [-0.2, 0) is 6.54 Å². The Labute approximate surface area is 130 Å². The largest absolute Gasteiger partial charge is 0.311 e. The first-order valence-electron chi connectivity index (χ1n) is 7.64. The molecule has 1 fully saturated rings. The highest BCUT2D eigenvalue weighted by Gasteiger charge is 2.20. The number of nitrogens with one attached hydrogen (secondary N) is 1. The van der Waals surface area contributed by atoms with Gasteiger partial charge in [0.05, 0.1) is 11.4 Å². The van der Waals surface area contributed by atoms with Gasteiger partial charge in [0.15, 0.2) is 0 Å². The highest BCUT2D eigenvalue weighted by molar-refractivity contribution is 7.13. The molecule has 3 heterocycles. The Balaban J connectivity index is 1.47. The Hall–Kier alpha value is -1.30. The van der Waals surface area contributed by atoms with Crippen LogP contribution in [0.4, 0.5) is 0 Å². The molecule has 1 unspecified atom stereocenters. The molecular weight excluding hydrogens is 280 g/mol. The normalized spacial score (nSPS) is 19.2. The van der Waals surface area contributed by atoms with Gasteiger partial charge in [-0.2, -0.15) is 0 Å². The minimum Gasteiger partial charge on any atom is -0.311 e. The molecule has 3 rings (SSSR count). The number of hydrogen-bond donors (Lipinski definition) is 1. The predicted octanol–water partition coefficient (Wildman–Crippen LogP) is 2.64. The van der Waals surface area contributed by atoms with Crippen LogP contribution in [0.2, 0.25) is 0 Å². The van der Waals surface area contributed by atoms with Gasteiger partial charge >= 0.3 is 0 Å². The second-order valence-electron chi connectivity index (χ2n) is 5.54. The molecule has 21 heavy (non-hydrogen) atoms. The maximum atomic E-state index is 4.66. The van der Waals surface area contributed by atoms with Crippen molar-refractivity contribution >= 4 is 11.3 Å². The third kappa shape index (κ3) is 3.87. The van der Waals surface area contributed by atoms with Gasteiger partial charge in [-0.25, -0.2) is 4.98 Å². The molecule has 0 amide bonds. The number of hydrogen-bond acceptors (Lipinski definition) is 5. The van der Waals surface area contributed by atoms with Crippen molar-refractivity contribution in [3.05, 3.63) is 35.5 Å². The van der Waals surface area contributed by atoms with Gasteiger partial charge in [0, 0.05) is 24.7 Å². The third-order valence-corrected chi connectivity index (χ3v) is 4.91. The second-order valence-corrected chi connectivity index (χ2v) is 6.40. The van der Waals surface area contributed by atoms with Crippen molar-refractivity contribution in [1.82, 2.24) is 20.2 Å². The molecule has 1 aliphatic heterocycles. The molecule has 0 bridgehead atoms. The average molecular weight is 302 g/mol. The van der Waals surface area contributed by atoms with Crippen LogP contribution in [0.3, 0.4) is 0 Å². The van der Waals surface area contributed by atoms with Crippen molar-refractivity contribution in [3.8, 4) is 10.7 Å². The van der Waals surface area contributed by atoms with Crippen LogP contribution in [0, 0.1) is 5.92 Å². The number of rotatable bonds is 6. The number of likely N-dealkylation sites (tertiary alicyclic amines) is 1. The van der Waals surface area contributed by atoms with Gasteiger partial charge in [0.1, 0.15) is 5.01 Å². The van der Waals surface area contributed by atoms with Gasteiger partial charge < -0.3 is 10.2 Å². The molecule has 1 saturated heterocycles. The standard InChI is InChI=1S/C16H22N4S/c1-2-20-8-6-13(11-20)9-17-10-14-12-21-16(19-14)15-5-3-4-7-18-15/h3-5,7,12-13,17H,2,6,8-11H2,1H3. The van der Waals surface area contributed by atoms with Crippen molar-refractivity contribution < 1.29 is 0 Å². The fraction of sp³-hybridized carbons (Fsp3) is 0.500. The highest BCUT2D eigenvalue weighted by Crippen LogP contribution is 2.21. The predicted molar refractivity (Wildman–Crippen MR) is 87.3 cm³/mol. The molecule has 0 aromatic carbocycles.